The van der Waals surface area contributed by atoms with Gasteiger partial charge in [0.2, 0.25) is 15.9 Å². The molecule has 0 aliphatic carbocycles. The maximum absolute atomic E-state index is 11.8. The van der Waals surface area contributed by atoms with Crippen LogP contribution in [0.15, 0.2) is 48.5 Å². The average molecular weight is 405 g/mol. The summed E-state index contributed by atoms with van der Waals surface area (Å²) in [4.78, 5) is 11.0. The molecule has 1 atom stereocenters. The Morgan fingerprint density at radius 3 is 2.00 bits per heavy atom. The SMILES string of the molecule is CC(=O)NCc1ccc(-c2ccc(OC(C)CNS(=O)(=O)C(C)C)cc2)cc1. The number of carbonyl (C=O) groups excluding carboxylic acids is 1. The van der Waals surface area contributed by atoms with E-state index in [9.17, 15) is 13.2 Å². The fourth-order valence-corrected chi connectivity index (χ4v) is 3.24. The second kappa shape index (κ2) is 9.71. The minimum atomic E-state index is -3.29. The summed E-state index contributed by atoms with van der Waals surface area (Å²) in [6.07, 6.45) is -0.285. The van der Waals surface area contributed by atoms with Gasteiger partial charge in [-0.1, -0.05) is 36.4 Å². The van der Waals surface area contributed by atoms with E-state index in [1.165, 1.54) is 6.92 Å². The van der Waals surface area contributed by atoms with Crippen molar-refractivity contribution in [1.82, 2.24) is 10.0 Å². The zero-order valence-electron chi connectivity index (χ0n) is 16.7. The molecular weight excluding hydrogens is 376 g/mol. The summed E-state index contributed by atoms with van der Waals surface area (Å²) in [6.45, 7) is 7.33. The molecule has 0 bridgehead atoms. The van der Waals surface area contributed by atoms with Crippen LogP contribution in [-0.4, -0.2) is 32.2 Å². The molecule has 28 heavy (non-hydrogen) atoms. The van der Waals surface area contributed by atoms with E-state index in [0.717, 1.165) is 16.7 Å². The van der Waals surface area contributed by atoms with Gasteiger partial charge in [0.05, 0.1) is 5.25 Å². The first kappa shape index (κ1) is 21.9. The molecule has 2 N–H and O–H groups in total. The molecule has 0 saturated heterocycles. The zero-order valence-corrected chi connectivity index (χ0v) is 17.5. The summed E-state index contributed by atoms with van der Waals surface area (Å²) in [5.74, 6) is 0.633. The largest absolute Gasteiger partial charge is 0.489 e. The van der Waals surface area contributed by atoms with Crippen LogP contribution in [-0.2, 0) is 21.4 Å². The normalized spacial score (nSPS) is 12.6. The fraction of sp³-hybridized carbons (Fsp3) is 0.381. The Morgan fingerprint density at radius 2 is 1.50 bits per heavy atom. The van der Waals surface area contributed by atoms with Crippen molar-refractivity contribution in [3.05, 3.63) is 54.1 Å². The van der Waals surface area contributed by atoms with Crippen molar-refractivity contribution in [1.29, 1.82) is 0 Å². The highest BCUT2D eigenvalue weighted by Gasteiger charge is 2.16. The van der Waals surface area contributed by atoms with Crippen molar-refractivity contribution in [2.45, 2.75) is 45.6 Å². The average Bonchev–Trinajstić information content (AvgIpc) is 2.66. The van der Waals surface area contributed by atoms with E-state index in [4.69, 9.17) is 4.74 Å². The monoisotopic (exact) mass is 404 g/mol. The van der Waals surface area contributed by atoms with Gasteiger partial charge in [0.25, 0.3) is 0 Å². The fourth-order valence-electron chi connectivity index (χ4n) is 2.44. The van der Waals surface area contributed by atoms with E-state index in [2.05, 4.69) is 10.0 Å². The van der Waals surface area contributed by atoms with E-state index < -0.39 is 15.3 Å². The summed E-state index contributed by atoms with van der Waals surface area (Å²) in [5, 5.41) is 2.31. The van der Waals surface area contributed by atoms with Crippen LogP contribution in [0.2, 0.25) is 0 Å². The van der Waals surface area contributed by atoms with E-state index in [-0.39, 0.29) is 18.6 Å². The highest BCUT2D eigenvalue weighted by Crippen LogP contribution is 2.23. The molecule has 0 aliphatic rings. The first-order chi connectivity index (χ1) is 13.2. The lowest BCUT2D eigenvalue weighted by Gasteiger charge is -2.17. The Labute approximate surface area is 167 Å². The smallest absolute Gasteiger partial charge is 0.217 e. The minimum absolute atomic E-state index is 0.0501. The first-order valence-corrected chi connectivity index (χ1v) is 10.8. The van der Waals surface area contributed by atoms with Crippen molar-refractivity contribution in [2.24, 2.45) is 0 Å². The second-order valence-corrected chi connectivity index (χ2v) is 9.32. The molecule has 0 aliphatic heterocycles. The molecule has 1 amide bonds. The highest BCUT2D eigenvalue weighted by atomic mass is 32.2. The van der Waals surface area contributed by atoms with Gasteiger partial charge in [-0.3, -0.25) is 4.79 Å². The topological polar surface area (TPSA) is 84.5 Å². The molecule has 0 fully saturated rings. The highest BCUT2D eigenvalue weighted by molar-refractivity contribution is 7.90. The van der Waals surface area contributed by atoms with Gasteiger partial charge in [0.15, 0.2) is 0 Å². The van der Waals surface area contributed by atoms with Crippen LogP contribution in [0.1, 0.15) is 33.3 Å². The van der Waals surface area contributed by atoms with E-state index >= 15 is 0 Å². The van der Waals surface area contributed by atoms with Gasteiger partial charge in [-0.2, -0.15) is 0 Å². The number of sulfonamides is 1. The molecule has 6 nitrogen and oxygen atoms in total. The quantitative estimate of drug-likeness (QED) is 0.673. The van der Waals surface area contributed by atoms with Crippen molar-refractivity contribution < 1.29 is 17.9 Å². The Kier molecular flexibility index (Phi) is 7.60. The number of amides is 1. The maximum Gasteiger partial charge on any atom is 0.217 e. The van der Waals surface area contributed by atoms with Gasteiger partial charge in [-0.15, -0.1) is 0 Å². The maximum atomic E-state index is 11.8. The summed E-state index contributed by atoms with van der Waals surface area (Å²) < 4.78 is 31.9. The number of carbonyl (C=O) groups is 1. The molecule has 2 aromatic rings. The van der Waals surface area contributed by atoms with Crippen LogP contribution in [0.4, 0.5) is 0 Å². The third-order valence-corrected chi connectivity index (χ3v) is 6.02. The summed E-state index contributed by atoms with van der Waals surface area (Å²) in [5.41, 5.74) is 3.15. The van der Waals surface area contributed by atoms with Crippen molar-refractivity contribution in [2.75, 3.05) is 6.54 Å². The van der Waals surface area contributed by atoms with Gasteiger partial charge < -0.3 is 10.1 Å². The molecule has 2 aromatic carbocycles. The van der Waals surface area contributed by atoms with E-state index in [0.29, 0.717) is 12.3 Å². The number of ether oxygens (including phenoxy) is 1. The Bertz CT molecular complexity index is 876. The van der Waals surface area contributed by atoms with Crippen LogP contribution >= 0.6 is 0 Å². The van der Waals surface area contributed by atoms with Crippen LogP contribution in [0.5, 0.6) is 5.75 Å². The van der Waals surface area contributed by atoms with Crippen LogP contribution in [0, 0.1) is 0 Å². The molecule has 0 radical (unpaired) electrons. The molecule has 152 valence electrons. The zero-order chi connectivity index (χ0) is 20.7. The molecular formula is C21H28N2O4S. The molecule has 1 unspecified atom stereocenters. The number of nitrogens with one attached hydrogen (secondary N) is 2. The Balaban J connectivity index is 1.93. The third kappa shape index (κ3) is 6.65. The van der Waals surface area contributed by atoms with Crippen LogP contribution in [0.3, 0.4) is 0 Å². The molecule has 0 aromatic heterocycles. The van der Waals surface area contributed by atoms with Gasteiger partial charge in [-0.05, 0) is 49.6 Å². The lowest BCUT2D eigenvalue weighted by molar-refractivity contribution is -0.119. The Morgan fingerprint density at radius 1 is 0.964 bits per heavy atom. The number of hydrogen-bond donors (Lipinski definition) is 2. The van der Waals surface area contributed by atoms with Crippen LogP contribution < -0.4 is 14.8 Å². The van der Waals surface area contributed by atoms with Crippen molar-refractivity contribution in [3.63, 3.8) is 0 Å². The van der Waals surface area contributed by atoms with Crippen molar-refractivity contribution in [3.8, 4) is 16.9 Å². The molecule has 2 rings (SSSR count). The molecule has 7 heteroatoms. The van der Waals surface area contributed by atoms with E-state index in [1.807, 2.05) is 55.5 Å². The number of benzene rings is 2. The minimum Gasteiger partial charge on any atom is -0.489 e. The summed E-state index contributed by atoms with van der Waals surface area (Å²) in [7, 11) is -3.29. The van der Waals surface area contributed by atoms with Gasteiger partial charge >= 0.3 is 0 Å². The first-order valence-electron chi connectivity index (χ1n) is 9.26. The van der Waals surface area contributed by atoms with Crippen LogP contribution in [0.25, 0.3) is 11.1 Å². The lowest BCUT2D eigenvalue weighted by atomic mass is 10.0. The molecule has 0 heterocycles. The van der Waals surface area contributed by atoms with Gasteiger partial charge in [0.1, 0.15) is 11.9 Å². The molecule has 0 saturated carbocycles. The van der Waals surface area contributed by atoms with Gasteiger partial charge in [-0.25, -0.2) is 13.1 Å². The number of rotatable bonds is 9. The summed E-state index contributed by atoms with van der Waals surface area (Å²) >= 11 is 0. The summed E-state index contributed by atoms with van der Waals surface area (Å²) in [6, 6.07) is 15.7. The number of hydrogen-bond acceptors (Lipinski definition) is 4. The molecule has 0 spiro atoms. The van der Waals surface area contributed by atoms with Gasteiger partial charge in [0, 0.05) is 20.0 Å². The van der Waals surface area contributed by atoms with Crippen molar-refractivity contribution >= 4 is 15.9 Å². The third-order valence-electron chi connectivity index (χ3n) is 4.21. The predicted octanol–water partition coefficient (Wildman–Crippen LogP) is 3.08. The predicted molar refractivity (Wildman–Crippen MR) is 112 cm³/mol. The second-order valence-electron chi connectivity index (χ2n) is 7.00. The lowest BCUT2D eigenvalue weighted by Crippen LogP contribution is -2.37. The standard InChI is InChI=1S/C21H28N2O4S/c1-15(2)28(25,26)23-13-16(3)27-21-11-9-20(10-12-21)19-7-5-18(6-8-19)14-22-17(4)24/h5-12,15-16,23H,13-14H2,1-4H3,(H,22,24). The van der Waals surface area contributed by atoms with E-state index in [1.54, 1.807) is 13.8 Å². The Hall–Kier alpha value is -2.38.